The Balaban J connectivity index is 1.79. The molecule has 168 valence electrons. The van der Waals surface area contributed by atoms with Crippen molar-refractivity contribution < 1.29 is 22.7 Å². The van der Waals surface area contributed by atoms with Crippen LogP contribution in [0.1, 0.15) is 63.9 Å². The van der Waals surface area contributed by atoms with Crippen LogP contribution in [-0.2, 0) is 19.6 Å². The summed E-state index contributed by atoms with van der Waals surface area (Å²) in [6, 6.07) is 7.95. The van der Waals surface area contributed by atoms with Crippen molar-refractivity contribution in [3.8, 4) is 5.75 Å². The Labute approximate surface area is 184 Å². The molecule has 1 saturated heterocycles. The lowest BCUT2D eigenvalue weighted by atomic mass is 9.82. The van der Waals surface area contributed by atoms with Gasteiger partial charge in [-0.25, -0.2) is 8.42 Å². The number of hydrogen-bond donors (Lipinski definition) is 0. The molecule has 5 rings (SSSR count). The van der Waals surface area contributed by atoms with Crippen LogP contribution < -0.4 is 4.74 Å². The molecule has 4 aliphatic rings. The molecule has 2 bridgehead atoms. The number of benzene rings is 1. The van der Waals surface area contributed by atoms with Gasteiger partial charge in [0.25, 0.3) is 15.9 Å². The van der Waals surface area contributed by atoms with Gasteiger partial charge < -0.3 is 14.4 Å². The number of rotatable bonds is 1. The third-order valence-corrected chi connectivity index (χ3v) is 6.74. The molecular weight excluding hydrogens is 416 g/mol. The van der Waals surface area contributed by atoms with Crippen molar-refractivity contribution in [2.45, 2.75) is 70.0 Å². The quantitative estimate of drug-likeness (QED) is 0.656. The van der Waals surface area contributed by atoms with E-state index in [2.05, 4.69) is 10.5 Å². The molecule has 1 amide bonds. The highest BCUT2D eigenvalue weighted by atomic mass is 32.2. The van der Waals surface area contributed by atoms with E-state index in [9.17, 15) is 13.2 Å². The number of ether oxygens (including phenoxy) is 2. The SMILES string of the molecule is CC1(C)Oc2ccccc2C2CCC(CC2)O/C=C2/C(=N/S(C)(=O)=O)CCCN2C1=O. The lowest BCUT2D eigenvalue weighted by Crippen LogP contribution is -2.51. The zero-order valence-corrected chi connectivity index (χ0v) is 19.2. The van der Waals surface area contributed by atoms with Gasteiger partial charge in [-0.05, 0) is 69.9 Å². The molecule has 2 fully saturated rings. The van der Waals surface area contributed by atoms with Crippen LogP contribution in [0.4, 0.5) is 0 Å². The lowest BCUT2D eigenvalue weighted by molar-refractivity contribution is -0.143. The molecule has 1 aliphatic carbocycles. The normalized spacial score (nSPS) is 29.3. The van der Waals surface area contributed by atoms with Crippen molar-refractivity contribution in [2.24, 2.45) is 4.40 Å². The van der Waals surface area contributed by atoms with Gasteiger partial charge in [0.2, 0.25) is 0 Å². The number of carbonyl (C=O) groups is 1. The minimum atomic E-state index is -3.61. The van der Waals surface area contributed by atoms with Gasteiger partial charge in [0.1, 0.15) is 17.7 Å². The van der Waals surface area contributed by atoms with Crippen LogP contribution in [0.2, 0.25) is 0 Å². The second-order valence-electron chi connectivity index (χ2n) is 9.09. The van der Waals surface area contributed by atoms with E-state index >= 15 is 0 Å². The number of sulfonamides is 1. The molecular formula is C23H30N2O5S. The fourth-order valence-corrected chi connectivity index (χ4v) is 5.25. The molecule has 8 heteroatoms. The zero-order valence-electron chi connectivity index (χ0n) is 18.3. The van der Waals surface area contributed by atoms with Crippen molar-refractivity contribution >= 4 is 21.6 Å². The molecule has 0 N–H and O–H groups in total. The summed E-state index contributed by atoms with van der Waals surface area (Å²) >= 11 is 0. The number of piperidine rings is 1. The topological polar surface area (TPSA) is 85.3 Å². The fraction of sp³-hybridized carbons (Fsp3) is 0.565. The molecule has 7 nitrogen and oxygen atoms in total. The number of nitrogens with zero attached hydrogens (tertiary/aromatic N) is 2. The first-order valence-corrected chi connectivity index (χ1v) is 12.7. The number of amides is 1. The fourth-order valence-electron chi connectivity index (χ4n) is 4.67. The number of allylic oxidation sites excluding steroid dienone is 1. The van der Waals surface area contributed by atoms with Gasteiger partial charge in [-0.2, -0.15) is 4.40 Å². The Morgan fingerprint density at radius 3 is 2.55 bits per heavy atom. The van der Waals surface area contributed by atoms with Crippen molar-refractivity contribution in [3.63, 3.8) is 0 Å². The first kappa shape index (κ1) is 21.9. The average molecular weight is 447 g/mol. The molecule has 1 saturated carbocycles. The molecule has 31 heavy (non-hydrogen) atoms. The monoisotopic (exact) mass is 446 g/mol. The van der Waals surface area contributed by atoms with Crippen LogP contribution in [0.3, 0.4) is 0 Å². The van der Waals surface area contributed by atoms with E-state index in [1.807, 2.05) is 18.2 Å². The van der Waals surface area contributed by atoms with E-state index in [0.717, 1.165) is 43.3 Å². The van der Waals surface area contributed by atoms with Crippen molar-refractivity contribution in [2.75, 3.05) is 12.8 Å². The van der Waals surface area contributed by atoms with Crippen LogP contribution in [0.25, 0.3) is 0 Å². The third kappa shape index (κ3) is 4.79. The minimum Gasteiger partial charge on any atom is -0.496 e. The van der Waals surface area contributed by atoms with Gasteiger partial charge in [0, 0.05) is 6.54 Å². The molecule has 0 unspecified atom stereocenters. The number of carbonyl (C=O) groups excluding carboxylic acids is 1. The van der Waals surface area contributed by atoms with Gasteiger partial charge in [0.15, 0.2) is 5.60 Å². The zero-order chi connectivity index (χ0) is 22.2. The van der Waals surface area contributed by atoms with Crippen LogP contribution in [-0.4, -0.2) is 49.4 Å². The average Bonchev–Trinajstić information content (AvgIpc) is 2.72. The maximum Gasteiger partial charge on any atom is 0.270 e. The summed E-state index contributed by atoms with van der Waals surface area (Å²) in [5.74, 6) is 0.849. The first-order chi connectivity index (χ1) is 14.6. The summed E-state index contributed by atoms with van der Waals surface area (Å²) in [6.07, 6.45) is 7.45. The highest BCUT2D eigenvalue weighted by molar-refractivity contribution is 7.89. The summed E-state index contributed by atoms with van der Waals surface area (Å²) in [6.45, 7) is 3.96. The third-order valence-electron chi connectivity index (χ3n) is 6.19. The highest BCUT2D eigenvalue weighted by Crippen LogP contribution is 2.40. The molecule has 0 spiro atoms. The smallest absolute Gasteiger partial charge is 0.270 e. The van der Waals surface area contributed by atoms with Gasteiger partial charge in [-0.3, -0.25) is 4.79 Å². The van der Waals surface area contributed by atoms with Crippen molar-refractivity contribution in [3.05, 3.63) is 41.8 Å². The van der Waals surface area contributed by atoms with E-state index < -0.39 is 15.6 Å². The Bertz CT molecular complexity index is 1020. The summed E-state index contributed by atoms with van der Waals surface area (Å²) < 4.78 is 40.1. The van der Waals surface area contributed by atoms with E-state index in [-0.39, 0.29) is 12.0 Å². The first-order valence-electron chi connectivity index (χ1n) is 10.9. The Kier molecular flexibility index (Phi) is 5.85. The van der Waals surface area contributed by atoms with Gasteiger partial charge in [-0.15, -0.1) is 0 Å². The number of hydrogen-bond acceptors (Lipinski definition) is 5. The van der Waals surface area contributed by atoms with Crippen molar-refractivity contribution in [1.82, 2.24) is 4.90 Å². The Hall–Kier alpha value is -2.35. The largest absolute Gasteiger partial charge is 0.496 e. The van der Waals surface area contributed by atoms with E-state index in [4.69, 9.17) is 9.47 Å². The predicted octanol–water partition coefficient (Wildman–Crippen LogP) is 3.76. The summed E-state index contributed by atoms with van der Waals surface area (Å²) in [7, 11) is -3.61. The molecule has 3 heterocycles. The lowest BCUT2D eigenvalue weighted by Gasteiger charge is -2.36. The number of fused-ring (bicyclic) bond motifs is 5. The molecule has 1 aromatic rings. The van der Waals surface area contributed by atoms with Gasteiger partial charge in [0.05, 0.1) is 18.1 Å². The second kappa shape index (κ2) is 8.30. The summed E-state index contributed by atoms with van der Waals surface area (Å²) in [5.41, 5.74) is 0.775. The number of para-hydroxylation sites is 1. The maximum atomic E-state index is 13.6. The summed E-state index contributed by atoms with van der Waals surface area (Å²) in [5, 5.41) is 0. The molecule has 1 aromatic carbocycles. The van der Waals surface area contributed by atoms with Gasteiger partial charge >= 0.3 is 0 Å². The summed E-state index contributed by atoms with van der Waals surface area (Å²) in [4.78, 5) is 15.2. The van der Waals surface area contributed by atoms with E-state index in [1.54, 1.807) is 25.0 Å². The van der Waals surface area contributed by atoms with Gasteiger partial charge in [-0.1, -0.05) is 18.2 Å². The standard InChI is InChI=1S/C23H30N2O5S/c1-23(2)22(26)25-14-6-8-19(24-31(3,27)28)20(25)15-29-17-12-10-16(11-13-17)18-7-4-5-9-21(18)30-23/h4-5,7,9,15-17H,6,8,10-14H2,1-3H3/b20-15-,24-19+. The van der Waals surface area contributed by atoms with Crippen LogP contribution >= 0.6 is 0 Å². The van der Waals surface area contributed by atoms with Crippen LogP contribution in [0.5, 0.6) is 5.75 Å². The predicted molar refractivity (Wildman–Crippen MR) is 119 cm³/mol. The minimum absolute atomic E-state index is 0.0314. The van der Waals surface area contributed by atoms with Crippen molar-refractivity contribution in [1.29, 1.82) is 0 Å². The molecule has 0 atom stereocenters. The second-order valence-corrected chi connectivity index (χ2v) is 10.7. The molecule has 0 radical (unpaired) electrons. The Morgan fingerprint density at radius 2 is 1.84 bits per heavy atom. The van der Waals surface area contributed by atoms with E-state index in [0.29, 0.717) is 36.7 Å². The highest BCUT2D eigenvalue weighted by Gasteiger charge is 2.40. The maximum absolute atomic E-state index is 13.6. The van der Waals surface area contributed by atoms with Crippen LogP contribution in [0.15, 0.2) is 40.6 Å². The van der Waals surface area contributed by atoms with E-state index in [1.165, 1.54) is 0 Å². The van der Waals surface area contributed by atoms with Crippen LogP contribution in [0, 0.1) is 0 Å². The molecule has 0 aromatic heterocycles. The Morgan fingerprint density at radius 1 is 1.13 bits per heavy atom. The molecule has 3 aliphatic heterocycles.